The molecule has 0 amide bonds. The van der Waals surface area contributed by atoms with Gasteiger partial charge < -0.3 is 10.5 Å². The number of hydrogen-bond acceptors (Lipinski definition) is 4. The van der Waals surface area contributed by atoms with Crippen molar-refractivity contribution in [2.75, 3.05) is 13.1 Å². The molecule has 1 aromatic carbocycles. The lowest BCUT2D eigenvalue weighted by Gasteiger charge is -2.16. The Bertz CT molecular complexity index is 447. The van der Waals surface area contributed by atoms with Gasteiger partial charge in [-0.2, -0.15) is 0 Å². The third-order valence-electron chi connectivity index (χ3n) is 3.11. The summed E-state index contributed by atoms with van der Waals surface area (Å²) < 4.78 is 5.29. The predicted molar refractivity (Wildman–Crippen MR) is 72.7 cm³/mol. The normalized spacial score (nSPS) is 19.3. The zero-order chi connectivity index (χ0) is 13.7. The number of amidine groups is 1. The van der Waals surface area contributed by atoms with Crippen molar-refractivity contribution in [1.29, 1.82) is 5.41 Å². The average Bonchev–Trinajstić information content (AvgIpc) is 2.76. The van der Waals surface area contributed by atoms with Crippen molar-refractivity contribution < 1.29 is 9.53 Å². The maximum absolute atomic E-state index is 11.4. The van der Waals surface area contributed by atoms with E-state index in [1.54, 1.807) is 0 Å². The van der Waals surface area contributed by atoms with Gasteiger partial charge in [-0.15, -0.1) is 0 Å². The van der Waals surface area contributed by atoms with Crippen LogP contribution >= 0.6 is 0 Å². The second kappa shape index (κ2) is 6.33. The van der Waals surface area contributed by atoms with Crippen LogP contribution in [-0.2, 0) is 16.1 Å². The molecule has 1 aliphatic heterocycles. The molecule has 1 unspecified atom stereocenters. The van der Waals surface area contributed by atoms with Crippen LogP contribution in [0, 0.1) is 5.41 Å². The molecule has 102 valence electrons. The van der Waals surface area contributed by atoms with Crippen LogP contribution in [0.3, 0.4) is 0 Å². The highest BCUT2D eigenvalue weighted by atomic mass is 16.5. The molecule has 0 radical (unpaired) electrons. The van der Waals surface area contributed by atoms with Gasteiger partial charge in [0.25, 0.3) is 0 Å². The van der Waals surface area contributed by atoms with Crippen molar-refractivity contribution in [3.8, 4) is 0 Å². The van der Waals surface area contributed by atoms with Crippen molar-refractivity contribution in [2.24, 2.45) is 5.73 Å². The van der Waals surface area contributed by atoms with Gasteiger partial charge in [0.15, 0.2) is 0 Å². The van der Waals surface area contributed by atoms with Crippen LogP contribution in [0.4, 0.5) is 0 Å². The first-order valence-electron chi connectivity index (χ1n) is 6.42. The zero-order valence-corrected chi connectivity index (χ0v) is 10.8. The van der Waals surface area contributed by atoms with Crippen LogP contribution in [-0.4, -0.2) is 35.9 Å². The van der Waals surface area contributed by atoms with Crippen molar-refractivity contribution in [1.82, 2.24) is 4.90 Å². The molecule has 1 atom stereocenters. The molecule has 0 aliphatic carbocycles. The van der Waals surface area contributed by atoms with Crippen molar-refractivity contribution in [2.45, 2.75) is 25.5 Å². The molecule has 5 heteroatoms. The second-order valence-corrected chi connectivity index (χ2v) is 4.82. The van der Waals surface area contributed by atoms with Crippen molar-refractivity contribution in [3.05, 3.63) is 35.9 Å². The molecule has 1 aliphatic rings. The standard InChI is InChI=1S/C14H19N3O2/c15-13(16)8-14(18)19-12-6-7-17(10-12)9-11-4-2-1-3-5-11/h1-5,12H,6-10H2,(H3,15,16). The highest BCUT2D eigenvalue weighted by Crippen LogP contribution is 2.16. The minimum absolute atomic E-state index is 0.0736. The summed E-state index contributed by atoms with van der Waals surface area (Å²) in [7, 11) is 0. The summed E-state index contributed by atoms with van der Waals surface area (Å²) in [4.78, 5) is 13.7. The topological polar surface area (TPSA) is 79.4 Å². The molecule has 2 rings (SSSR count). The number of carbonyl (C=O) groups is 1. The Morgan fingerprint density at radius 1 is 1.42 bits per heavy atom. The van der Waals surface area contributed by atoms with Crippen LogP contribution < -0.4 is 5.73 Å². The Morgan fingerprint density at radius 3 is 2.84 bits per heavy atom. The minimum Gasteiger partial charge on any atom is -0.461 e. The van der Waals surface area contributed by atoms with Gasteiger partial charge in [-0.1, -0.05) is 30.3 Å². The molecular formula is C14H19N3O2. The van der Waals surface area contributed by atoms with E-state index in [1.807, 2.05) is 18.2 Å². The molecule has 0 saturated carbocycles. The van der Waals surface area contributed by atoms with E-state index >= 15 is 0 Å². The number of carbonyl (C=O) groups excluding carboxylic acids is 1. The van der Waals surface area contributed by atoms with Gasteiger partial charge in [0.05, 0.1) is 0 Å². The first-order valence-corrected chi connectivity index (χ1v) is 6.42. The number of ether oxygens (including phenoxy) is 1. The van der Waals surface area contributed by atoms with Gasteiger partial charge in [0, 0.05) is 19.6 Å². The summed E-state index contributed by atoms with van der Waals surface area (Å²) in [5, 5.41) is 7.05. The van der Waals surface area contributed by atoms with E-state index in [4.69, 9.17) is 15.9 Å². The van der Waals surface area contributed by atoms with Crippen LogP contribution in [0.2, 0.25) is 0 Å². The fraction of sp³-hybridized carbons (Fsp3) is 0.429. The number of nitrogens with two attached hydrogens (primary N) is 1. The predicted octanol–water partition coefficient (Wildman–Crippen LogP) is 1.13. The van der Waals surface area contributed by atoms with Crippen molar-refractivity contribution in [3.63, 3.8) is 0 Å². The minimum atomic E-state index is -0.404. The Kier molecular flexibility index (Phi) is 4.52. The molecule has 19 heavy (non-hydrogen) atoms. The van der Waals surface area contributed by atoms with E-state index in [2.05, 4.69) is 17.0 Å². The number of nitrogens with one attached hydrogen (secondary N) is 1. The van der Waals surface area contributed by atoms with Gasteiger partial charge in [0.2, 0.25) is 0 Å². The fourth-order valence-corrected chi connectivity index (χ4v) is 2.26. The molecule has 5 nitrogen and oxygen atoms in total. The molecule has 0 aromatic heterocycles. The van der Waals surface area contributed by atoms with E-state index in [0.29, 0.717) is 0 Å². The summed E-state index contributed by atoms with van der Waals surface area (Å²) in [5.74, 6) is -0.553. The molecule has 1 aromatic rings. The van der Waals surface area contributed by atoms with E-state index < -0.39 is 5.97 Å². The molecule has 1 heterocycles. The first kappa shape index (κ1) is 13.5. The number of rotatable bonds is 5. The Morgan fingerprint density at radius 2 is 2.16 bits per heavy atom. The number of nitrogens with zero attached hydrogens (tertiary/aromatic N) is 1. The van der Waals surface area contributed by atoms with E-state index in [-0.39, 0.29) is 18.4 Å². The zero-order valence-electron chi connectivity index (χ0n) is 10.8. The lowest BCUT2D eigenvalue weighted by molar-refractivity contribution is -0.146. The smallest absolute Gasteiger partial charge is 0.313 e. The van der Waals surface area contributed by atoms with Gasteiger partial charge in [-0.05, 0) is 12.0 Å². The highest BCUT2D eigenvalue weighted by Gasteiger charge is 2.25. The monoisotopic (exact) mass is 261 g/mol. The summed E-state index contributed by atoms with van der Waals surface area (Å²) >= 11 is 0. The Labute approximate surface area is 112 Å². The molecule has 1 saturated heterocycles. The molecule has 1 fully saturated rings. The maximum Gasteiger partial charge on any atom is 0.313 e. The quantitative estimate of drug-likeness (QED) is 0.473. The van der Waals surface area contributed by atoms with Crippen LogP contribution in [0.25, 0.3) is 0 Å². The lowest BCUT2D eigenvalue weighted by Crippen LogP contribution is -2.26. The van der Waals surface area contributed by atoms with Gasteiger partial charge in [-0.25, -0.2) is 0 Å². The fourth-order valence-electron chi connectivity index (χ4n) is 2.26. The second-order valence-electron chi connectivity index (χ2n) is 4.82. The Balaban J connectivity index is 1.77. The highest BCUT2D eigenvalue weighted by molar-refractivity contribution is 5.94. The largest absolute Gasteiger partial charge is 0.461 e. The molecule has 0 bridgehead atoms. The number of benzene rings is 1. The third-order valence-corrected chi connectivity index (χ3v) is 3.11. The van der Waals surface area contributed by atoms with E-state index in [0.717, 1.165) is 26.1 Å². The molecule has 0 spiro atoms. The van der Waals surface area contributed by atoms with Crippen LogP contribution in [0.5, 0.6) is 0 Å². The van der Waals surface area contributed by atoms with Crippen molar-refractivity contribution >= 4 is 11.8 Å². The average molecular weight is 261 g/mol. The summed E-state index contributed by atoms with van der Waals surface area (Å²) in [6.45, 7) is 2.55. The number of esters is 1. The lowest BCUT2D eigenvalue weighted by atomic mass is 10.2. The number of likely N-dealkylation sites (tertiary alicyclic amines) is 1. The molecule has 3 N–H and O–H groups in total. The van der Waals surface area contributed by atoms with Gasteiger partial charge in [-0.3, -0.25) is 15.1 Å². The summed E-state index contributed by atoms with van der Waals surface area (Å²) in [6, 6.07) is 10.2. The first-order chi connectivity index (χ1) is 9.13. The number of hydrogen-bond donors (Lipinski definition) is 2. The van der Waals surface area contributed by atoms with Gasteiger partial charge in [0.1, 0.15) is 18.4 Å². The van der Waals surface area contributed by atoms with E-state index in [9.17, 15) is 4.79 Å². The Hall–Kier alpha value is -1.88. The maximum atomic E-state index is 11.4. The summed E-state index contributed by atoms with van der Waals surface area (Å²) in [6.07, 6.45) is 0.654. The summed E-state index contributed by atoms with van der Waals surface area (Å²) in [5.41, 5.74) is 6.43. The third kappa shape index (κ3) is 4.37. The van der Waals surface area contributed by atoms with Crippen LogP contribution in [0.15, 0.2) is 30.3 Å². The SMILES string of the molecule is N=C(N)CC(=O)OC1CCN(Cc2ccccc2)C1. The van der Waals surface area contributed by atoms with E-state index in [1.165, 1.54) is 5.56 Å². The molecular weight excluding hydrogens is 242 g/mol. The van der Waals surface area contributed by atoms with Crippen LogP contribution in [0.1, 0.15) is 18.4 Å². The van der Waals surface area contributed by atoms with Gasteiger partial charge >= 0.3 is 5.97 Å².